The van der Waals surface area contributed by atoms with Crippen molar-refractivity contribution in [1.82, 2.24) is 10.2 Å². The van der Waals surface area contributed by atoms with Crippen LogP contribution in [0.4, 0.5) is 10.1 Å². The zero-order valence-electron chi connectivity index (χ0n) is 24.4. The maximum Gasteiger partial charge on any atom is 0.264 e. The minimum Gasteiger partial charge on any atom is -0.354 e. The zero-order chi connectivity index (χ0) is 31.5. The number of benzene rings is 4. The van der Waals surface area contributed by atoms with E-state index in [1.807, 2.05) is 37.3 Å². The second kappa shape index (κ2) is 15.5. The van der Waals surface area contributed by atoms with Gasteiger partial charge in [-0.05, 0) is 53.9 Å². The number of halogens is 2. The maximum atomic E-state index is 14.4. The number of hydrogen-bond donors (Lipinski definition) is 1. The number of para-hydroxylation sites is 1. The van der Waals surface area contributed by atoms with Gasteiger partial charge in [0.25, 0.3) is 10.0 Å². The molecule has 0 fully saturated rings. The highest BCUT2D eigenvalue weighted by Crippen LogP contribution is 2.31. The van der Waals surface area contributed by atoms with Crippen LogP contribution in [0.25, 0.3) is 0 Å². The van der Waals surface area contributed by atoms with Crippen LogP contribution >= 0.6 is 11.6 Å². The molecule has 4 aromatic carbocycles. The van der Waals surface area contributed by atoms with Gasteiger partial charge in [0.05, 0.1) is 15.6 Å². The summed E-state index contributed by atoms with van der Waals surface area (Å²) < 4.78 is 42.7. The van der Waals surface area contributed by atoms with E-state index < -0.39 is 34.3 Å². The molecule has 1 atom stereocenters. The van der Waals surface area contributed by atoms with Gasteiger partial charge < -0.3 is 10.2 Å². The Morgan fingerprint density at radius 3 is 2.09 bits per heavy atom. The summed E-state index contributed by atoms with van der Waals surface area (Å²) in [5.41, 5.74) is 1.52. The number of nitrogens with one attached hydrogen (secondary N) is 1. The quantitative estimate of drug-likeness (QED) is 0.166. The highest BCUT2D eigenvalue weighted by atomic mass is 35.5. The van der Waals surface area contributed by atoms with Crippen LogP contribution in [0, 0.1) is 5.82 Å². The van der Waals surface area contributed by atoms with Crippen molar-refractivity contribution in [3.05, 3.63) is 131 Å². The fourth-order valence-corrected chi connectivity index (χ4v) is 6.48. The van der Waals surface area contributed by atoms with E-state index in [0.29, 0.717) is 12.1 Å². The molecule has 0 spiro atoms. The predicted octanol–water partition coefficient (Wildman–Crippen LogP) is 6.23. The number of rotatable bonds is 14. The van der Waals surface area contributed by atoms with E-state index in [1.54, 1.807) is 36.4 Å². The summed E-state index contributed by atoms with van der Waals surface area (Å²) in [6.07, 6.45) is 1.81. The third-order valence-corrected chi connectivity index (χ3v) is 9.19. The van der Waals surface area contributed by atoms with Crippen molar-refractivity contribution in [2.45, 2.75) is 43.7 Å². The average molecular weight is 636 g/mol. The number of nitrogens with zero attached hydrogens (tertiary/aromatic N) is 2. The number of hydrogen-bond acceptors (Lipinski definition) is 4. The third-order valence-electron chi connectivity index (χ3n) is 7.10. The molecule has 44 heavy (non-hydrogen) atoms. The van der Waals surface area contributed by atoms with Crippen molar-refractivity contribution in [2.24, 2.45) is 0 Å². The van der Waals surface area contributed by atoms with Crippen LogP contribution < -0.4 is 9.62 Å². The van der Waals surface area contributed by atoms with Gasteiger partial charge in [-0.15, -0.1) is 0 Å². The fourth-order valence-electron chi connectivity index (χ4n) is 4.73. The van der Waals surface area contributed by atoms with Crippen LogP contribution in [-0.2, 0) is 32.6 Å². The number of unbranched alkanes of at least 4 members (excludes halogenated alkanes) is 1. The Morgan fingerprint density at radius 1 is 0.841 bits per heavy atom. The summed E-state index contributed by atoms with van der Waals surface area (Å²) in [4.78, 5) is 29.4. The molecule has 1 N–H and O–H groups in total. The van der Waals surface area contributed by atoms with Crippen LogP contribution in [0.3, 0.4) is 0 Å². The van der Waals surface area contributed by atoms with Crippen LogP contribution in [0.1, 0.15) is 30.9 Å². The maximum absolute atomic E-state index is 14.4. The van der Waals surface area contributed by atoms with E-state index in [-0.39, 0.29) is 34.5 Å². The molecular formula is C34H35ClFN3O4S. The van der Waals surface area contributed by atoms with Crippen molar-refractivity contribution in [3.8, 4) is 0 Å². The Kier molecular flexibility index (Phi) is 11.5. The molecule has 0 aromatic heterocycles. The molecule has 0 heterocycles. The molecule has 7 nitrogen and oxygen atoms in total. The Hall–Kier alpha value is -4.21. The molecule has 0 aliphatic rings. The largest absolute Gasteiger partial charge is 0.354 e. The van der Waals surface area contributed by atoms with Crippen molar-refractivity contribution in [2.75, 3.05) is 17.4 Å². The van der Waals surface area contributed by atoms with E-state index in [1.165, 1.54) is 47.4 Å². The SMILES string of the molecule is CCCCNC(=O)[C@H](Cc1ccccc1)N(Cc1ccc(F)cc1)C(=O)CN(c1ccccc1Cl)S(=O)(=O)c1ccccc1. The van der Waals surface area contributed by atoms with E-state index in [9.17, 15) is 22.4 Å². The third kappa shape index (κ3) is 8.45. The van der Waals surface area contributed by atoms with Gasteiger partial charge in [0, 0.05) is 19.5 Å². The fraction of sp³-hybridized carbons (Fsp3) is 0.235. The molecule has 2 amide bonds. The molecule has 0 bridgehead atoms. The van der Waals surface area contributed by atoms with Gasteiger partial charge in [0.1, 0.15) is 18.4 Å². The average Bonchev–Trinajstić information content (AvgIpc) is 3.03. The minimum absolute atomic E-state index is 0.0176. The molecule has 230 valence electrons. The van der Waals surface area contributed by atoms with Crippen LogP contribution in [-0.4, -0.2) is 44.3 Å². The van der Waals surface area contributed by atoms with Crippen LogP contribution in [0.15, 0.2) is 114 Å². The number of sulfonamides is 1. The Morgan fingerprint density at radius 2 is 1.45 bits per heavy atom. The van der Waals surface area contributed by atoms with E-state index in [2.05, 4.69) is 5.32 Å². The molecule has 0 unspecified atom stereocenters. The normalized spacial score (nSPS) is 11.9. The van der Waals surface area contributed by atoms with Crippen LogP contribution in [0.5, 0.6) is 0 Å². The standard InChI is InChI=1S/C34H35ClFN3O4S/c1-2-3-22-37-34(41)32(23-26-12-6-4-7-13-26)38(24-27-18-20-28(36)21-19-27)33(40)25-39(31-17-11-10-16-30(31)35)44(42,43)29-14-8-5-9-15-29/h4-21,32H,2-3,22-25H2,1H3,(H,37,41)/t32-/m0/s1. The first-order valence-electron chi connectivity index (χ1n) is 14.4. The predicted molar refractivity (Wildman–Crippen MR) is 171 cm³/mol. The van der Waals surface area contributed by atoms with Gasteiger partial charge in [-0.3, -0.25) is 13.9 Å². The van der Waals surface area contributed by atoms with Crippen molar-refractivity contribution in [1.29, 1.82) is 0 Å². The summed E-state index contributed by atoms with van der Waals surface area (Å²) in [5, 5.41) is 3.08. The first kappa shape index (κ1) is 32.7. The number of anilines is 1. The Bertz CT molecular complexity index is 1640. The molecule has 4 aromatic rings. The summed E-state index contributed by atoms with van der Waals surface area (Å²) >= 11 is 6.48. The van der Waals surface area contributed by atoms with Gasteiger partial charge >= 0.3 is 0 Å². The Labute approximate surface area is 263 Å². The zero-order valence-corrected chi connectivity index (χ0v) is 26.0. The molecule has 4 rings (SSSR count). The van der Waals surface area contributed by atoms with Gasteiger partial charge in [0.15, 0.2) is 0 Å². The smallest absolute Gasteiger partial charge is 0.264 e. The molecule has 0 saturated carbocycles. The van der Waals surface area contributed by atoms with E-state index in [0.717, 1.165) is 22.7 Å². The van der Waals surface area contributed by atoms with Crippen molar-refractivity contribution in [3.63, 3.8) is 0 Å². The van der Waals surface area contributed by atoms with Crippen molar-refractivity contribution < 1.29 is 22.4 Å². The van der Waals surface area contributed by atoms with E-state index in [4.69, 9.17) is 11.6 Å². The summed E-state index contributed by atoms with van der Waals surface area (Å²) in [6.45, 7) is 1.75. The lowest BCUT2D eigenvalue weighted by Crippen LogP contribution is -2.53. The van der Waals surface area contributed by atoms with Crippen LogP contribution in [0.2, 0.25) is 5.02 Å². The molecule has 0 aliphatic heterocycles. The van der Waals surface area contributed by atoms with E-state index >= 15 is 0 Å². The molecule has 10 heteroatoms. The molecule has 0 radical (unpaired) electrons. The summed E-state index contributed by atoms with van der Waals surface area (Å²) in [7, 11) is -4.25. The second-order valence-corrected chi connectivity index (χ2v) is 12.5. The van der Waals surface area contributed by atoms with Crippen molar-refractivity contribution >= 4 is 39.1 Å². The van der Waals surface area contributed by atoms with Gasteiger partial charge in [-0.2, -0.15) is 0 Å². The van der Waals surface area contributed by atoms with Gasteiger partial charge in [-0.1, -0.05) is 97.7 Å². The topological polar surface area (TPSA) is 86.8 Å². The number of carbonyl (C=O) groups excluding carboxylic acids is 2. The molecule has 0 saturated heterocycles. The lowest BCUT2D eigenvalue weighted by atomic mass is 10.0. The summed E-state index contributed by atoms with van der Waals surface area (Å²) in [5.74, 6) is -1.43. The molecular weight excluding hydrogens is 601 g/mol. The molecule has 0 aliphatic carbocycles. The first-order chi connectivity index (χ1) is 21.2. The number of carbonyl (C=O) groups is 2. The van der Waals surface area contributed by atoms with Gasteiger partial charge in [0.2, 0.25) is 11.8 Å². The highest BCUT2D eigenvalue weighted by Gasteiger charge is 2.35. The highest BCUT2D eigenvalue weighted by molar-refractivity contribution is 7.92. The monoisotopic (exact) mass is 635 g/mol. The number of amides is 2. The lowest BCUT2D eigenvalue weighted by molar-refractivity contribution is -0.140. The first-order valence-corrected chi connectivity index (χ1v) is 16.2. The minimum atomic E-state index is -4.25. The van der Waals surface area contributed by atoms with Gasteiger partial charge in [-0.25, -0.2) is 12.8 Å². The lowest BCUT2D eigenvalue weighted by Gasteiger charge is -2.34. The summed E-state index contributed by atoms with van der Waals surface area (Å²) in [6, 6.07) is 28.1. The Balaban J connectivity index is 1.78. The second-order valence-electron chi connectivity index (χ2n) is 10.3.